The number of rotatable bonds is 0. The lowest BCUT2D eigenvalue weighted by Gasteiger charge is -2.12. The van der Waals surface area contributed by atoms with Crippen molar-refractivity contribution in [2.75, 3.05) is 13.7 Å². The molecule has 0 N–H and O–H groups in total. The van der Waals surface area contributed by atoms with Gasteiger partial charge in [-0.25, -0.2) is 0 Å². The molecule has 3 nitrogen and oxygen atoms in total. The molecule has 0 aliphatic carbocycles. The van der Waals surface area contributed by atoms with E-state index in [1.165, 1.54) is 0 Å². The molecule has 0 aromatic rings. The molecule has 0 radical (unpaired) electrons. The molecule has 64 valence electrons. The predicted octanol–water partition coefficient (Wildman–Crippen LogP) is 1.04. The summed E-state index contributed by atoms with van der Waals surface area (Å²) in [5.41, 5.74) is 0.928. The quantitative estimate of drug-likeness (QED) is 0.536. The zero-order valence-electron chi connectivity index (χ0n) is 7.04. The number of likely N-dealkylation sites (N-methyl/N-ethyl adjacent to an activating group) is 1. The van der Waals surface area contributed by atoms with Crippen LogP contribution in [0.25, 0.3) is 0 Å². The summed E-state index contributed by atoms with van der Waals surface area (Å²) in [5.74, 6) is 0.993. The van der Waals surface area contributed by atoms with Crippen LogP contribution < -0.4 is 0 Å². The van der Waals surface area contributed by atoms with Crippen molar-refractivity contribution >= 4 is 5.91 Å². The van der Waals surface area contributed by atoms with E-state index in [0.717, 1.165) is 30.9 Å². The summed E-state index contributed by atoms with van der Waals surface area (Å²) in [6, 6.07) is 0. The first-order valence-corrected chi connectivity index (χ1v) is 4.11. The van der Waals surface area contributed by atoms with E-state index in [1.54, 1.807) is 18.0 Å². The normalized spacial score (nSPS) is 28.4. The van der Waals surface area contributed by atoms with Gasteiger partial charge in [0.1, 0.15) is 5.76 Å². The average Bonchev–Trinajstić information content (AvgIpc) is 2.64. The van der Waals surface area contributed by atoms with Crippen LogP contribution in [0.4, 0.5) is 0 Å². The van der Waals surface area contributed by atoms with Crippen molar-refractivity contribution in [2.45, 2.75) is 12.8 Å². The Labute approximate surface area is 71.3 Å². The minimum atomic E-state index is 0.0352. The highest BCUT2D eigenvalue weighted by atomic mass is 16.5. The summed E-state index contributed by atoms with van der Waals surface area (Å²) >= 11 is 0. The smallest absolute Gasteiger partial charge is 0.250 e. The van der Waals surface area contributed by atoms with Crippen LogP contribution >= 0.6 is 0 Å². The third kappa shape index (κ3) is 1.02. The van der Waals surface area contributed by atoms with E-state index in [0.29, 0.717) is 0 Å². The molecule has 0 unspecified atom stereocenters. The van der Waals surface area contributed by atoms with Gasteiger partial charge < -0.3 is 9.64 Å². The van der Waals surface area contributed by atoms with Gasteiger partial charge in [0, 0.05) is 19.5 Å². The first-order valence-electron chi connectivity index (χ1n) is 4.11. The first kappa shape index (κ1) is 7.40. The van der Waals surface area contributed by atoms with Crippen LogP contribution in [-0.2, 0) is 9.53 Å². The van der Waals surface area contributed by atoms with Gasteiger partial charge in [0.2, 0.25) is 0 Å². The molecule has 2 rings (SSSR count). The maximum atomic E-state index is 11.1. The molecule has 2 aliphatic heterocycles. The van der Waals surface area contributed by atoms with Crippen molar-refractivity contribution in [2.24, 2.45) is 0 Å². The Bertz CT molecular complexity index is 270. The van der Waals surface area contributed by atoms with Gasteiger partial charge in [0.15, 0.2) is 0 Å². The predicted molar refractivity (Wildman–Crippen MR) is 44.1 cm³/mol. The Morgan fingerprint density at radius 3 is 2.83 bits per heavy atom. The van der Waals surface area contributed by atoms with Crippen LogP contribution in [0.1, 0.15) is 12.8 Å². The molecule has 0 aromatic carbocycles. The SMILES string of the molecule is CN1C(=O)C=CC1=C1CCCO1. The number of hydrogen-bond donors (Lipinski definition) is 0. The zero-order chi connectivity index (χ0) is 8.55. The summed E-state index contributed by atoms with van der Waals surface area (Å²) in [7, 11) is 1.77. The number of hydrogen-bond acceptors (Lipinski definition) is 2. The van der Waals surface area contributed by atoms with E-state index < -0.39 is 0 Å². The molecule has 2 heterocycles. The third-order valence-electron chi connectivity index (χ3n) is 2.19. The molecule has 0 spiro atoms. The van der Waals surface area contributed by atoms with E-state index in [9.17, 15) is 4.79 Å². The van der Waals surface area contributed by atoms with Crippen LogP contribution in [0.5, 0.6) is 0 Å². The second kappa shape index (κ2) is 2.66. The molecule has 0 atom stereocenters. The van der Waals surface area contributed by atoms with Gasteiger partial charge in [-0.05, 0) is 12.5 Å². The minimum absolute atomic E-state index is 0.0352. The number of nitrogens with zero attached hydrogens (tertiary/aromatic N) is 1. The highest BCUT2D eigenvalue weighted by Crippen LogP contribution is 2.25. The molecule has 1 fully saturated rings. The summed E-state index contributed by atoms with van der Waals surface area (Å²) in [6.07, 6.45) is 5.42. The highest BCUT2D eigenvalue weighted by Gasteiger charge is 2.22. The molecule has 2 aliphatic rings. The number of ether oxygens (including phenoxy) is 1. The van der Waals surface area contributed by atoms with Crippen LogP contribution in [0.3, 0.4) is 0 Å². The minimum Gasteiger partial charge on any atom is -0.496 e. The summed E-state index contributed by atoms with van der Waals surface area (Å²) in [4.78, 5) is 12.7. The molecule has 0 saturated carbocycles. The van der Waals surface area contributed by atoms with E-state index >= 15 is 0 Å². The molecule has 3 heteroatoms. The lowest BCUT2D eigenvalue weighted by Crippen LogP contribution is -2.19. The monoisotopic (exact) mass is 165 g/mol. The molecule has 0 aromatic heterocycles. The van der Waals surface area contributed by atoms with E-state index in [-0.39, 0.29) is 5.91 Å². The summed E-state index contributed by atoms with van der Waals surface area (Å²) < 4.78 is 5.39. The Morgan fingerprint density at radius 2 is 2.33 bits per heavy atom. The Hall–Kier alpha value is -1.25. The van der Waals surface area contributed by atoms with Gasteiger partial charge in [0.05, 0.1) is 12.3 Å². The molecule has 0 bridgehead atoms. The average molecular weight is 165 g/mol. The lowest BCUT2D eigenvalue weighted by molar-refractivity contribution is -0.122. The maximum absolute atomic E-state index is 11.1. The molecule has 12 heavy (non-hydrogen) atoms. The van der Waals surface area contributed by atoms with Gasteiger partial charge in [-0.2, -0.15) is 0 Å². The second-order valence-electron chi connectivity index (χ2n) is 2.99. The second-order valence-corrected chi connectivity index (χ2v) is 2.99. The topological polar surface area (TPSA) is 29.5 Å². The van der Waals surface area contributed by atoms with Gasteiger partial charge in [0.25, 0.3) is 5.91 Å². The summed E-state index contributed by atoms with van der Waals surface area (Å²) in [6.45, 7) is 0.786. The molecular weight excluding hydrogens is 154 g/mol. The fraction of sp³-hybridized carbons (Fsp3) is 0.444. The van der Waals surface area contributed by atoms with Crippen LogP contribution in [0, 0.1) is 0 Å². The van der Waals surface area contributed by atoms with E-state index in [2.05, 4.69) is 0 Å². The lowest BCUT2D eigenvalue weighted by atomic mass is 10.2. The number of amides is 1. The number of carbonyl (C=O) groups excluding carboxylic acids is 1. The van der Waals surface area contributed by atoms with Gasteiger partial charge in [-0.15, -0.1) is 0 Å². The van der Waals surface area contributed by atoms with Crippen LogP contribution in [0.15, 0.2) is 23.6 Å². The Kier molecular flexibility index (Phi) is 1.64. The Morgan fingerprint density at radius 1 is 1.50 bits per heavy atom. The molecule has 1 saturated heterocycles. The third-order valence-corrected chi connectivity index (χ3v) is 2.19. The van der Waals surface area contributed by atoms with Crippen molar-refractivity contribution in [1.29, 1.82) is 0 Å². The van der Waals surface area contributed by atoms with Crippen molar-refractivity contribution in [3.63, 3.8) is 0 Å². The van der Waals surface area contributed by atoms with Gasteiger partial charge in [-0.3, -0.25) is 4.79 Å². The van der Waals surface area contributed by atoms with Gasteiger partial charge in [-0.1, -0.05) is 0 Å². The van der Waals surface area contributed by atoms with Crippen molar-refractivity contribution in [3.8, 4) is 0 Å². The standard InChI is InChI=1S/C9H11NO2/c1-10-7(4-5-9(10)11)8-3-2-6-12-8/h4-5H,2-3,6H2,1H3. The molecular formula is C9H11NO2. The number of allylic oxidation sites excluding steroid dienone is 2. The molecule has 1 amide bonds. The number of carbonyl (C=O) groups is 1. The fourth-order valence-electron chi connectivity index (χ4n) is 1.47. The summed E-state index contributed by atoms with van der Waals surface area (Å²) in [5, 5.41) is 0. The maximum Gasteiger partial charge on any atom is 0.250 e. The first-order chi connectivity index (χ1) is 5.79. The van der Waals surface area contributed by atoms with Crippen LogP contribution in [-0.4, -0.2) is 24.5 Å². The van der Waals surface area contributed by atoms with Crippen molar-refractivity contribution in [3.05, 3.63) is 23.6 Å². The van der Waals surface area contributed by atoms with E-state index in [1.807, 2.05) is 6.08 Å². The van der Waals surface area contributed by atoms with Crippen molar-refractivity contribution < 1.29 is 9.53 Å². The van der Waals surface area contributed by atoms with E-state index in [4.69, 9.17) is 4.74 Å². The van der Waals surface area contributed by atoms with Crippen LogP contribution in [0.2, 0.25) is 0 Å². The highest BCUT2D eigenvalue weighted by molar-refractivity contribution is 5.93. The largest absolute Gasteiger partial charge is 0.496 e. The fourth-order valence-corrected chi connectivity index (χ4v) is 1.47. The van der Waals surface area contributed by atoms with Gasteiger partial charge >= 0.3 is 0 Å². The Balaban J connectivity index is 2.29. The van der Waals surface area contributed by atoms with Crippen molar-refractivity contribution in [1.82, 2.24) is 4.90 Å². The zero-order valence-corrected chi connectivity index (χ0v) is 7.04.